The standard InChI is InChI=1S/C26H26N4O5S2/c1-16(2)17-7-12-21(13-8-17)37(33,34)29-25(31)24(19-9-14-22-23(15-19)28-36-27-22)35-20-10-5-18(6-11-20)26(32)30(3)4/h5-16,24H,1-4H3,(H,29,31). The van der Waals surface area contributed by atoms with Crippen LogP contribution >= 0.6 is 11.7 Å². The molecule has 1 aromatic heterocycles. The Hall–Kier alpha value is -3.83. The van der Waals surface area contributed by atoms with E-state index in [4.69, 9.17) is 4.74 Å². The van der Waals surface area contributed by atoms with Crippen LogP contribution in [0.25, 0.3) is 11.0 Å². The minimum atomic E-state index is -4.16. The molecule has 3 aromatic carbocycles. The molecule has 2 amide bonds. The molecule has 192 valence electrons. The number of hydrogen-bond acceptors (Lipinski definition) is 8. The van der Waals surface area contributed by atoms with Gasteiger partial charge >= 0.3 is 0 Å². The minimum absolute atomic E-state index is 0.0327. The first-order valence-electron chi connectivity index (χ1n) is 11.4. The molecule has 0 bridgehead atoms. The molecule has 11 heteroatoms. The average molecular weight is 539 g/mol. The lowest BCUT2D eigenvalue weighted by molar-refractivity contribution is -0.126. The molecule has 4 rings (SSSR count). The van der Waals surface area contributed by atoms with Crippen LogP contribution in [0.3, 0.4) is 0 Å². The molecular formula is C26H26N4O5S2. The lowest BCUT2D eigenvalue weighted by Crippen LogP contribution is -2.36. The molecule has 0 spiro atoms. The average Bonchev–Trinajstić information content (AvgIpc) is 3.35. The summed E-state index contributed by atoms with van der Waals surface area (Å²) in [6.45, 7) is 4.01. The molecule has 37 heavy (non-hydrogen) atoms. The van der Waals surface area contributed by atoms with Crippen LogP contribution in [0.15, 0.2) is 71.6 Å². The summed E-state index contributed by atoms with van der Waals surface area (Å²) in [4.78, 5) is 27.0. The Bertz CT molecular complexity index is 1530. The van der Waals surface area contributed by atoms with Crippen molar-refractivity contribution in [3.63, 3.8) is 0 Å². The normalized spacial score (nSPS) is 12.4. The summed E-state index contributed by atoms with van der Waals surface area (Å²) in [7, 11) is -0.870. The van der Waals surface area contributed by atoms with Crippen molar-refractivity contribution in [2.45, 2.75) is 30.8 Å². The van der Waals surface area contributed by atoms with Crippen LogP contribution < -0.4 is 9.46 Å². The molecule has 0 aliphatic carbocycles. The van der Waals surface area contributed by atoms with Crippen LogP contribution in [0.4, 0.5) is 0 Å². The summed E-state index contributed by atoms with van der Waals surface area (Å²) in [5.41, 5.74) is 3.03. The quantitative estimate of drug-likeness (QED) is 0.358. The van der Waals surface area contributed by atoms with E-state index in [0.717, 1.165) is 17.3 Å². The second kappa shape index (κ2) is 10.7. The first-order valence-corrected chi connectivity index (χ1v) is 13.6. The Kier molecular flexibility index (Phi) is 7.55. The number of fused-ring (bicyclic) bond motifs is 1. The van der Waals surface area contributed by atoms with Crippen LogP contribution in [0.1, 0.15) is 47.4 Å². The van der Waals surface area contributed by atoms with Crippen LogP contribution in [0.2, 0.25) is 0 Å². The summed E-state index contributed by atoms with van der Waals surface area (Å²) in [5, 5.41) is 0. The molecule has 1 unspecified atom stereocenters. The molecule has 1 heterocycles. The van der Waals surface area contributed by atoms with Crippen LogP contribution in [0, 0.1) is 0 Å². The number of benzene rings is 3. The number of hydrogen-bond donors (Lipinski definition) is 1. The fourth-order valence-electron chi connectivity index (χ4n) is 3.58. The van der Waals surface area contributed by atoms with Gasteiger partial charge in [-0.1, -0.05) is 32.0 Å². The molecule has 1 atom stereocenters. The third kappa shape index (κ3) is 5.95. The number of aromatic nitrogens is 2. The van der Waals surface area contributed by atoms with Gasteiger partial charge in [-0.3, -0.25) is 9.59 Å². The fraction of sp³-hybridized carbons (Fsp3) is 0.231. The second-order valence-electron chi connectivity index (χ2n) is 8.93. The van der Waals surface area contributed by atoms with E-state index in [-0.39, 0.29) is 22.5 Å². The number of rotatable bonds is 8. The van der Waals surface area contributed by atoms with Crippen molar-refractivity contribution in [1.82, 2.24) is 18.4 Å². The monoisotopic (exact) mass is 538 g/mol. The van der Waals surface area contributed by atoms with Gasteiger partial charge in [-0.15, -0.1) is 0 Å². The van der Waals surface area contributed by atoms with Gasteiger partial charge in [0.25, 0.3) is 21.8 Å². The molecule has 0 radical (unpaired) electrons. The number of sulfonamides is 1. The van der Waals surface area contributed by atoms with Crippen molar-refractivity contribution in [3.8, 4) is 5.75 Å². The Morgan fingerprint density at radius 2 is 1.51 bits per heavy atom. The van der Waals surface area contributed by atoms with Crippen molar-refractivity contribution < 1.29 is 22.7 Å². The number of nitrogens with zero attached hydrogens (tertiary/aromatic N) is 3. The molecule has 1 N–H and O–H groups in total. The summed E-state index contributed by atoms with van der Waals surface area (Å²) in [5.74, 6) is -0.537. The highest BCUT2D eigenvalue weighted by atomic mass is 32.2. The van der Waals surface area contributed by atoms with Gasteiger partial charge in [-0.05, 0) is 60.0 Å². The summed E-state index contributed by atoms with van der Waals surface area (Å²) >= 11 is 1.03. The van der Waals surface area contributed by atoms with Crippen molar-refractivity contribution in [2.75, 3.05) is 14.1 Å². The van der Waals surface area contributed by atoms with Crippen LogP contribution in [-0.2, 0) is 14.8 Å². The van der Waals surface area contributed by atoms with E-state index < -0.39 is 22.0 Å². The molecular weight excluding hydrogens is 512 g/mol. The zero-order valence-electron chi connectivity index (χ0n) is 20.7. The van der Waals surface area contributed by atoms with Gasteiger partial charge in [0.05, 0.1) is 16.6 Å². The van der Waals surface area contributed by atoms with Gasteiger partial charge in [-0.25, -0.2) is 13.1 Å². The van der Waals surface area contributed by atoms with Gasteiger partial charge in [0.2, 0.25) is 6.10 Å². The van der Waals surface area contributed by atoms with Gasteiger partial charge < -0.3 is 9.64 Å². The molecule has 0 saturated carbocycles. The fourth-order valence-corrected chi connectivity index (χ4v) is 5.08. The van der Waals surface area contributed by atoms with Crippen LogP contribution in [0.5, 0.6) is 5.75 Å². The largest absolute Gasteiger partial charge is 0.476 e. The minimum Gasteiger partial charge on any atom is -0.476 e. The van der Waals surface area contributed by atoms with Crippen molar-refractivity contribution in [1.29, 1.82) is 0 Å². The van der Waals surface area contributed by atoms with Crippen molar-refractivity contribution in [3.05, 3.63) is 83.4 Å². The summed E-state index contributed by atoms with van der Waals surface area (Å²) < 4.78 is 42.5. The van der Waals surface area contributed by atoms with Crippen molar-refractivity contribution in [2.24, 2.45) is 0 Å². The van der Waals surface area contributed by atoms with E-state index >= 15 is 0 Å². The maximum Gasteiger partial charge on any atom is 0.279 e. The summed E-state index contributed by atoms with van der Waals surface area (Å²) in [6.07, 6.45) is -1.31. The Labute approximate surface area is 219 Å². The topological polar surface area (TPSA) is 119 Å². The highest BCUT2D eigenvalue weighted by molar-refractivity contribution is 7.90. The smallest absolute Gasteiger partial charge is 0.279 e. The second-order valence-corrected chi connectivity index (χ2v) is 11.1. The first kappa shape index (κ1) is 26.2. The number of nitrogens with one attached hydrogen (secondary N) is 1. The van der Waals surface area contributed by atoms with E-state index in [1.165, 1.54) is 17.0 Å². The third-order valence-corrected chi connectivity index (χ3v) is 7.59. The lowest BCUT2D eigenvalue weighted by Gasteiger charge is -2.20. The Morgan fingerprint density at radius 3 is 2.14 bits per heavy atom. The molecule has 0 fully saturated rings. The van der Waals surface area contributed by atoms with E-state index in [2.05, 4.69) is 13.5 Å². The molecule has 0 saturated heterocycles. The number of ether oxygens (including phenoxy) is 1. The lowest BCUT2D eigenvalue weighted by atomic mass is 10.0. The number of amides is 2. The Morgan fingerprint density at radius 1 is 0.892 bits per heavy atom. The molecule has 9 nitrogen and oxygen atoms in total. The van der Waals surface area contributed by atoms with E-state index in [1.807, 2.05) is 13.8 Å². The highest BCUT2D eigenvalue weighted by Gasteiger charge is 2.28. The van der Waals surface area contributed by atoms with E-state index in [9.17, 15) is 18.0 Å². The highest BCUT2D eigenvalue weighted by Crippen LogP contribution is 2.26. The zero-order valence-corrected chi connectivity index (χ0v) is 22.3. The van der Waals surface area contributed by atoms with Crippen molar-refractivity contribution >= 4 is 44.6 Å². The molecule has 0 aliphatic rings. The van der Waals surface area contributed by atoms with E-state index in [0.29, 0.717) is 22.2 Å². The number of carbonyl (C=O) groups excluding carboxylic acids is 2. The molecule has 0 aliphatic heterocycles. The summed E-state index contributed by atoms with van der Waals surface area (Å²) in [6, 6.07) is 17.6. The van der Waals surface area contributed by atoms with Crippen LogP contribution in [-0.4, -0.2) is 48.0 Å². The Balaban J connectivity index is 1.64. The predicted molar refractivity (Wildman–Crippen MR) is 141 cm³/mol. The predicted octanol–water partition coefficient (Wildman–Crippen LogP) is 4.14. The SMILES string of the molecule is CC(C)c1ccc(S(=O)(=O)NC(=O)C(Oc2ccc(C(=O)N(C)C)cc2)c2ccc3nsnc3c2)cc1. The van der Waals surface area contributed by atoms with E-state index in [1.54, 1.807) is 68.7 Å². The first-order chi connectivity index (χ1) is 17.5. The maximum atomic E-state index is 13.3. The number of carbonyl (C=O) groups is 2. The van der Waals surface area contributed by atoms with Gasteiger partial charge in [0.15, 0.2) is 0 Å². The zero-order chi connectivity index (χ0) is 26.7. The van der Waals surface area contributed by atoms with Gasteiger partial charge in [0, 0.05) is 25.2 Å². The maximum absolute atomic E-state index is 13.3. The van der Waals surface area contributed by atoms with Gasteiger partial charge in [-0.2, -0.15) is 8.75 Å². The third-order valence-electron chi connectivity index (χ3n) is 5.67. The molecule has 4 aromatic rings. The van der Waals surface area contributed by atoms with Gasteiger partial charge in [0.1, 0.15) is 16.8 Å².